The maximum Gasteiger partial charge on any atom is 0.310 e. The van der Waals surface area contributed by atoms with Crippen LogP contribution in [-0.4, -0.2) is 24.2 Å². The zero-order chi connectivity index (χ0) is 24.6. The Hall–Kier alpha value is -2.93. The van der Waals surface area contributed by atoms with E-state index < -0.39 is 0 Å². The van der Waals surface area contributed by atoms with E-state index in [9.17, 15) is 4.79 Å². The monoisotopic (exact) mass is 567 g/mol. The van der Waals surface area contributed by atoms with Gasteiger partial charge in [-0.25, -0.2) is 4.98 Å². The van der Waals surface area contributed by atoms with Crippen LogP contribution in [0.25, 0.3) is 16.1 Å². The van der Waals surface area contributed by atoms with E-state index in [1.165, 1.54) is 0 Å². The van der Waals surface area contributed by atoms with Gasteiger partial charge in [0.15, 0.2) is 0 Å². The number of ether oxygens (including phenoxy) is 2. The lowest BCUT2D eigenvalue weighted by Gasteiger charge is -2.10. The van der Waals surface area contributed by atoms with Crippen LogP contribution in [0, 0.1) is 0 Å². The number of benzene rings is 3. The lowest BCUT2D eigenvalue weighted by Crippen LogP contribution is -2.07. The highest BCUT2D eigenvalue weighted by Crippen LogP contribution is 2.33. The number of nitrogens with zero attached hydrogens (tertiary/aromatic N) is 1. The Labute approximate surface area is 222 Å². The normalized spacial score (nSPS) is 11.3. The minimum absolute atomic E-state index is 0.177. The van der Waals surface area contributed by atoms with Crippen molar-refractivity contribution in [2.24, 2.45) is 0 Å². The van der Waals surface area contributed by atoms with Gasteiger partial charge in [-0.05, 0) is 54.0 Å². The van der Waals surface area contributed by atoms with Crippen molar-refractivity contribution in [3.05, 3.63) is 111 Å². The van der Waals surface area contributed by atoms with Gasteiger partial charge in [0.1, 0.15) is 17.4 Å². The number of hydrogen-bond acceptors (Lipinski definition) is 5. The van der Waals surface area contributed by atoms with Crippen molar-refractivity contribution in [2.45, 2.75) is 13.3 Å². The van der Waals surface area contributed by atoms with Gasteiger partial charge in [-0.1, -0.05) is 76.1 Å². The Morgan fingerprint density at radius 2 is 1.86 bits per heavy atom. The molecule has 0 saturated carbocycles. The van der Waals surface area contributed by atoms with Gasteiger partial charge in [-0.15, -0.1) is 11.3 Å². The summed E-state index contributed by atoms with van der Waals surface area (Å²) in [6.07, 6.45) is 4.11. The third kappa shape index (κ3) is 6.82. The molecule has 178 valence electrons. The summed E-state index contributed by atoms with van der Waals surface area (Å²) in [5.41, 5.74) is 3.97. The minimum Gasteiger partial charge on any atom is -0.488 e. The lowest BCUT2D eigenvalue weighted by molar-refractivity contribution is -0.142. The molecule has 0 fully saturated rings. The predicted octanol–water partition coefficient (Wildman–Crippen LogP) is 7.84. The van der Waals surface area contributed by atoms with Gasteiger partial charge in [0, 0.05) is 16.2 Å². The van der Waals surface area contributed by atoms with E-state index in [0.717, 1.165) is 36.6 Å². The van der Waals surface area contributed by atoms with Crippen LogP contribution < -0.4 is 4.74 Å². The number of thiazole rings is 1. The van der Waals surface area contributed by atoms with E-state index in [2.05, 4.69) is 45.2 Å². The number of aromatic nitrogens is 1. The molecule has 0 aliphatic carbocycles. The van der Waals surface area contributed by atoms with Crippen molar-refractivity contribution >= 4 is 50.4 Å². The molecule has 0 atom stereocenters. The van der Waals surface area contributed by atoms with Crippen LogP contribution in [0.15, 0.2) is 89.5 Å². The van der Waals surface area contributed by atoms with Crippen molar-refractivity contribution in [3.63, 3.8) is 0 Å². The fraction of sp³-hybridized carbons (Fsp3) is 0.143. The first-order chi connectivity index (χ1) is 17.0. The molecule has 0 radical (unpaired) electrons. The molecule has 1 heterocycles. The molecule has 3 aromatic carbocycles. The minimum atomic E-state index is -0.279. The number of hydrogen-bond donors (Lipinski definition) is 0. The van der Waals surface area contributed by atoms with Crippen molar-refractivity contribution in [3.8, 4) is 16.3 Å². The van der Waals surface area contributed by atoms with E-state index >= 15 is 0 Å². The fourth-order valence-corrected chi connectivity index (χ4v) is 4.97. The molecule has 0 saturated heterocycles. The molecule has 0 spiro atoms. The smallest absolute Gasteiger partial charge is 0.310 e. The lowest BCUT2D eigenvalue weighted by atomic mass is 10.0. The molecule has 0 bridgehead atoms. The summed E-state index contributed by atoms with van der Waals surface area (Å²) in [6, 6.07) is 23.6. The Kier molecular flexibility index (Phi) is 8.74. The molecule has 0 unspecified atom stereocenters. The van der Waals surface area contributed by atoms with E-state index in [4.69, 9.17) is 21.1 Å². The van der Waals surface area contributed by atoms with Crippen molar-refractivity contribution in [2.75, 3.05) is 13.2 Å². The summed E-state index contributed by atoms with van der Waals surface area (Å²) >= 11 is 11.6. The van der Waals surface area contributed by atoms with E-state index in [1.807, 2.05) is 48.7 Å². The highest BCUT2D eigenvalue weighted by Gasteiger charge is 2.12. The number of esters is 1. The van der Waals surface area contributed by atoms with E-state index in [-0.39, 0.29) is 12.4 Å². The SMILES string of the molecule is CCOC(=O)Cc1ccc(OC/C=C(\c2ccc(Br)cc2)c2cnc(-c3ccccc3)s2)c(Cl)c1. The predicted molar refractivity (Wildman–Crippen MR) is 146 cm³/mol. The fourth-order valence-electron chi connectivity index (χ4n) is 3.47. The first-order valence-corrected chi connectivity index (χ1v) is 13.1. The molecular formula is C28H23BrClNO3S. The summed E-state index contributed by atoms with van der Waals surface area (Å²) in [4.78, 5) is 17.4. The maximum absolute atomic E-state index is 11.7. The van der Waals surface area contributed by atoms with Gasteiger partial charge < -0.3 is 9.47 Å². The van der Waals surface area contributed by atoms with Crippen LogP contribution in [0.5, 0.6) is 5.75 Å². The highest BCUT2D eigenvalue weighted by molar-refractivity contribution is 9.10. The molecule has 4 rings (SSSR count). The second-order valence-electron chi connectivity index (χ2n) is 7.58. The van der Waals surface area contributed by atoms with Crippen molar-refractivity contribution in [1.82, 2.24) is 4.98 Å². The second-order valence-corrected chi connectivity index (χ2v) is 9.93. The Balaban J connectivity index is 1.54. The quantitative estimate of drug-likeness (QED) is 0.193. The maximum atomic E-state index is 11.7. The zero-order valence-electron chi connectivity index (χ0n) is 19.0. The van der Waals surface area contributed by atoms with Gasteiger partial charge in [-0.2, -0.15) is 0 Å². The number of halogens is 2. The first kappa shape index (κ1) is 25.2. The average Bonchev–Trinajstić information content (AvgIpc) is 3.34. The standard InChI is InChI=1S/C28H23BrClNO3S/c1-2-33-27(32)17-19-8-13-25(24(30)16-19)34-15-14-23(20-9-11-22(29)12-10-20)26-18-31-28(35-26)21-6-4-3-5-7-21/h3-14,16,18H,2,15,17H2,1H3/b23-14+. The molecule has 0 aliphatic rings. The number of carbonyl (C=O) groups is 1. The summed E-state index contributed by atoms with van der Waals surface area (Å²) in [5, 5.41) is 1.42. The van der Waals surface area contributed by atoms with Gasteiger partial charge in [-0.3, -0.25) is 4.79 Å². The number of rotatable bonds is 9. The second kappa shape index (κ2) is 12.2. The summed E-state index contributed by atoms with van der Waals surface area (Å²) in [6.45, 7) is 2.46. The average molecular weight is 569 g/mol. The van der Waals surface area contributed by atoms with E-state index in [0.29, 0.717) is 24.0 Å². The van der Waals surface area contributed by atoms with Crippen LogP contribution in [0.3, 0.4) is 0 Å². The third-order valence-electron chi connectivity index (χ3n) is 5.12. The van der Waals surface area contributed by atoms with Gasteiger partial charge >= 0.3 is 5.97 Å². The molecule has 0 aliphatic heterocycles. The van der Waals surface area contributed by atoms with Crippen LogP contribution >= 0.6 is 38.9 Å². The van der Waals surface area contributed by atoms with Crippen molar-refractivity contribution in [1.29, 1.82) is 0 Å². The van der Waals surface area contributed by atoms with Crippen molar-refractivity contribution < 1.29 is 14.3 Å². The Bertz CT molecular complexity index is 1320. The molecule has 0 N–H and O–H groups in total. The molecule has 35 heavy (non-hydrogen) atoms. The van der Waals surface area contributed by atoms with Crippen LogP contribution in [0.1, 0.15) is 22.9 Å². The number of carbonyl (C=O) groups excluding carboxylic acids is 1. The molecule has 4 nitrogen and oxygen atoms in total. The molecule has 7 heteroatoms. The molecular weight excluding hydrogens is 546 g/mol. The zero-order valence-corrected chi connectivity index (χ0v) is 22.2. The summed E-state index contributed by atoms with van der Waals surface area (Å²) < 4.78 is 12.0. The Morgan fingerprint density at radius 1 is 1.09 bits per heavy atom. The topological polar surface area (TPSA) is 48.4 Å². The van der Waals surface area contributed by atoms with Gasteiger partial charge in [0.05, 0.1) is 22.9 Å². The van der Waals surface area contributed by atoms with Gasteiger partial charge in [0.25, 0.3) is 0 Å². The summed E-state index contributed by atoms with van der Waals surface area (Å²) in [5.74, 6) is 0.277. The highest BCUT2D eigenvalue weighted by atomic mass is 79.9. The molecule has 0 amide bonds. The first-order valence-electron chi connectivity index (χ1n) is 11.1. The molecule has 4 aromatic rings. The largest absolute Gasteiger partial charge is 0.488 e. The Morgan fingerprint density at radius 3 is 2.57 bits per heavy atom. The van der Waals surface area contributed by atoms with Crippen LogP contribution in [0.2, 0.25) is 5.02 Å². The van der Waals surface area contributed by atoms with Crippen LogP contribution in [0.4, 0.5) is 0 Å². The van der Waals surface area contributed by atoms with Gasteiger partial charge in [0.2, 0.25) is 0 Å². The molecule has 1 aromatic heterocycles. The summed E-state index contributed by atoms with van der Waals surface area (Å²) in [7, 11) is 0. The van der Waals surface area contributed by atoms with Crippen LogP contribution in [-0.2, 0) is 16.0 Å². The van der Waals surface area contributed by atoms with E-state index in [1.54, 1.807) is 30.4 Å². The third-order valence-corrected chi connectivity index (χ3v) is 7.03.